The summed E-state index contributed by atoms with van der Waals surface area (Å²) in [7, 11) is 0. The normalized spacial score (nSPS) is 11.1. The smallest absolute Gasteiger partial charge is 0.306 e. The van der Waals surface area contributed by atoms with Crippen LogP contribution in [-0.2, 0) is 4.79 Å². The van der Waals surface area contributed by atoms with E-state index in [0.29, 0.717) is 0 Å². The molecule has 0 spiro atoms. The number of hydrogen-bond donors (Lipinski definition) is 1. The van der Waals surface area contributed by atoms with Crippen molar-refractivity contribution in [3.8, 4) is 0 Å². The molecule has 0 saturated heterocycles. The average molecular weight is 200 g/mol. The van der Waals surface area contributed by atoms with Gasteiger partial charge in [0, 0.05) is 0 Å². The van der Waals surface area contributed by atoms with E-state index in [1.165, 1.54) is 19.3 Å². The van der Waals surface area contributed by atoms with Crippen LogP contribution in [0.15, 0.2) is 12.7 Å². The maximum Gasteiger partial charge on any atom is 0.306 e. The van der Waals surface area contributed by atoms with Crippen molar-refractivity contribution < 1.29 is 9.90 Å². The highest BCUT2D eigenvalue weighted by Crippen LogP contribution is 2.09. The predicted molar refractivity (Wildman–Crippen MR) is 61.4 cm³/mol. The molecule has 1 N–H and O–H groups in total. The summed E-state index contributed by atoms with van der Waals surface area (Å²) >= 11 is 0. The third-order valence-electron chi connectivity index (χ3n) is 1.91. The zero-order chi connectivity index (χ0) is 11.4. The predicted octanol–water partition coefficient (Wildman–Crippen LogP) is 3.87. The van der Waals surface area contributed by atoms with Gasteiger partial charge >= 0.3 is 5.97 Å². The van der Waals surface area contributed by atoms with Crippen molar-refractivity contribution in [1.82, 2.24) is 0 Å². The Balaban J connectivity index is 0. The molecule has 1 unspecified atom stereocenters. The Morgan fingerprint density at radius 3 is 2.29 bits per heavy atom. The largest absolute Gasteiger partial charge is 0.481 e. The Morgan fingerprint density at radius 2 is 1.93 bits per heavy atom. The van der Waals surface area contributed by atoms with Crippen LogP contribution in [0.1, 0.15) is 52.9 Å². The lowest BCUT2D eigenvalue weighted by atomic mass is 10.0. The molecule has 0 aromatic rings. The zero-order valence-corrected chi connectivity index (χ0v) is 9.75. The van der Waals surface area contributed by atoms with Crippen LogP contribution in [0.25, 0.3) is 0 Å². The lowest BCUT2D eigenvalue weighted by molar-refractivity contribution is -0.141. The fourth-order valence-corrected chi connectivity index (χ4v) is 1.00. The summed E-state index contributed by atoms with van der Waals surface area (Å²) in [4.78, 5) is 10.4. The maximum atomic E-state index is 10.4. The second-order valence-corrected chi connectivity index (χ2v) is 3.50. The van der Waals surface area contributed by atoms with E-state index in [2.05, 4.69) is 13.5 Å². The van der Waals surface area contributed by atoms with E-state index in [1.807, 2.05) is 6.92 Å². The molecule has 0 heterocycles. The molecule has 0 rings (SSSR count). The first-order valence-electron chi connectivity index (χ1n) is 5.39. The van der Waals surface area contributed by atoms with Gasteiger partial charge in [0.2, 0.25) is 0 Å². The standard InChI is InChI=1S/C9H18O2.C3H6/c1-3-4-5-6-7-8(2)9(10)11;1-3-2/h8H,3-7H2,1-2H3,(H,10,11);3H,1H2,2H3. The number of hydrogen-bond acceptors (Lipinski definition) is 1. The van der Waals surface area contributed by atoms with E-state index in [4.69, 9.17) is 5.11 Å². The van der Waals surface area contributed by atoms with Gasteiger partial charge in [0.25, 0.3) is 0 Å². The molecule has 0 saturated carbocycles. The van der Waals surface area contributed by atoms with Crippen molar-refractivity contribution in [3.05, 3.63) is 12.7 Å². The fraction of sp³-hybridized carbons (Fsp3) is 0.750. The molecule has 84 valence electrons. The molecule has 0 amide bonds. The summed E-state index contributed by atoms with van der Waals surface area (Å²) < 4.78 is 0. The number of carbonyl (C=O) groups is 1. The molecule has 0 aliphatic heterocycles. The second kappa shape index (κ2) is 12.2. The van der Waals surface area contributed by atoms with Gasteiger partial charge in [-0.3, -0.25) is 4.79 Å². The van der Waals surface area contributed by atoms with Crippen LogP contribution in [0.5, 0.6) is 0 Å². The van der Waals surface area contributed by atoms with Crippen LogP contribution in [0, 0.1) is 5.92 Å². The van der Waals surface area contributed by atoms with Crippen LogP contribution in [0.2, 0.25) is 0 Å². The monoisotopic (exact) mass is 200 g/mol. The van der Waals surface area contributed by atoms with Gasteiger partial charge in [-0.25, -0.2) is 0 Å². The minimum Gasteiger partial charge on any atom is -0.481 e. The molecule has 0 aliphatic carbocycles. The summed E-state index contributed by atoms with van der Waals surface area (Å²) in [5.41, 5.74) is 0. The second-order valence-electron chi connectivity index (χ2n) is 3.50. The quantitative estimate of drug-likeness (QED) is 0.522. The van der Waals surface area contributed by atoms with E-state index in [-0.39, 0.29) is 5.92 Å². The number of allylic oxidation sites excluding steroid dienone is 1. The van der Waals surface area contributed by atoms with Gasteiger partial charge in [0.05, 0.1) is 5.92 Å². The van der Waals surface area contributed by atoms with Crippen molar-refractivity contribution in [2.45, 2.75) is 52.9 Å². The average Bonchev–Trinajstić information content (AvgIpc) is 2.13. The van der Waals surface area contributed by atoms with E-state index >= 15 is 0 Å². The van der Waals surface area contributed by atoms with Crippen LogP contribution in [0.4, 0.5) is 0 Å². The third-order valence-corrected chi connectivity index (χ3v) is 1.91. The highest BCUT2D eigenvalue weighted by atomic mass is 16.4. The molecule has 0 aromatic carbocycles. The molecule has 1 atom stereocenters. The number of unbranched alkanes of at least 4 members (excludes halogenated alkanes) is 3. The Labute approximate surface area is 88.0 Å². The van der Waals surface area contributed by atoms with Gasteiger partial charge in [0.15, 0.2) is 0 Å². The topological polar surface area (TPSA) is 37.3 Å². The zero-order valence-electron chi connectivity index (χ0n) is 9.75. The lowest BCUT2D eigenvalue weighted by Gasteiger charge is -2.04. The van der Waals surface area contributed by atoms with Crippen LogP contribution in [0.3, 0.4) is 0 Å². The molecule has 0 aromatic heterocycles. The molecule has 0 fully saturated rings. The van der Waals surface area contributed by atoms with Crippen molar-refractivity contribution >= 4 is 5.97 Å². The van der Waals surface area contributed by atoms with E-state index < -0.39 is 5.97 Å². The van der Waals surface area contributed by atoms with Gasteiger partial charge in [-0.2, -0.15) is 0 Å². The summed E-state index contributed by atoms with van der Waals surface area (Å²) in [5.74, 6) is -0.826. The molecular formula is C12H24O2. The van der Waals surface area contributed by atoms with E-state index in [0.717, 1.165) is 12.8 Å². The van der Waals surface area contributed by atoms with Crippen LogP contribution >= 0.6 is 0 Å². The lowest BCUT2D eigenvalue weighted by Crippen LogP contribution is -2.08. The number of carboxylic acid groups (broad SMARTS) is 1. The number of aliphatic carboxylic acids is 1. The Hall–Kier alpha value is -0.790. The molecular weight excluding hydrogens is 176 g/mol. The Morgan fingerprint density at radius 1 is 1.43 bits per heavy atom. The van der Waals surface area contributed by atoms with Crippen LogP contribution in [-0.4, -0.2) is 11.1 Å². The molecule has 0 radical (unpaired) electrons. The van der Waals surface area contributed by atoms with Gasteiger partial charge in [-0.15, -0.1) is 6.58 Å². The molecule has 2 heteroatoms. The van der Waals surface area contributed by atoms with Crippen molar-refractivity contribution in [3.63, 3.8) is 0 Å². The summed E-state index contributed by atoms with van der Waals surface area (Å²) in [6.07, 6.45) is 7.25. The number of carboxylic acids is 1. The SMILES string of the molecule is C=CC.CCCCCCC(C)C(=O)O. The van der Waals surface area contributed by atoms with Crippen molar-refractivity contribution in [2.24, 2.45) is 5.92 Å². The van der Waals surface area contributed by atoms with E-state index in [9.17, 15) is 4.79 Å². The highest BCUT2D eigenvalue weighted by molar-refractivity contribution is 5.69. The van der Waals surface area contributed by atoms with Gasteiger partial charge in [-0.1, -0.05) is 45.6 Å². The molecule has 2 nitrogen and oxygen atoms in total. The van der Waals surface area contributed by atoms with E-state index in [1.54, 1.807) is 13.0 Å². The van der Waals surface area contributed by atoms with Crippen molar-refractivity contribution in [1.29, 1.82) is 0 Å². The van der Waals surface area contributed by atoms with Crippen molar-refractivity contribution in [2.75, 3.05) is 0 Å². The molecule has 0 bridgehead atoms. The Bertz CT molecular complexity index is 141. The van der Waals surface area contributed by atoms with Gasteiger partial charge in [-0.05, 0) is 13.3 Å². The van der Waals surface area contributed by atoms with Crippen LogP contribution < -0.4 is 0 Å². The first kappa shape index (κ1) is 15.7. The third kappa shape index (κ3) is 13.8. The highest BCUT2D eigenvalue weighted by Gasteiger charge is 2.08. The minimum atomic E-state index is -0.665. The Kier molecular flexibility index (Phi) is 13.7. The van der Waals surface area contributed by atoms with Gasteiger partial charge in [0.1, 0.15) is 0 Å². The molecule has 0 aliphatic rings. The molecule has 14 heavy (non-hydrogen) atoms. The van der Waals surface area contributed by atoms with Gasteiger partial charge < -0.3 is 5.11 Å². The fourth-order valence-electron chi connectivity index (χ4n) is 1.00. The summed E-state index contributed by atoms with van der Waals surface area (Å²) in [6.45, 7) is 9.18. The summed E-state index contributed by atoms with van der Waals surface area (Å²) in [6, 6.07) is 0. The first-order valence-corrected chi connectivity index (χ1v) is 5.39. The first-order chi connectivity index (χ1) is 6.59. The minimum absolute atomic E-state index is 0.160. The maximum absolute atomic E-state index is 10.4. The summed E-state index contributed by atoms with van der Waals surface area (Å²) in [5, 5.41) is 8.54. The number of rotatable bonds is 6.